The Hall–Kier alpha value is -3.27. The van der Waals surface area contributed by atoms with Crippen LogP contribution in [0.2, 0.25) is 0 Å². The van der Waals surface area contributed by atoms with Crippen LogP contribution in [-0.4, -0.2) is 54.4 Å². The Morgan fingerprint density at radius 3 is 1.54 bits per heavy atom. The molecular weight excluding hydrogens is 347 g/mol. The molecule has 136 valence electrons. The predicted molar refractivity (Wildman–Crippen MR) is 68.0 cm³/mol. The highest BCUT2D eigenvalue weighted by Crippen LogP contribution is 2.22. The smallest absolute Gasteiger partial charge is 0.258 e. The molecular formula is C7H11FN6O10. The highest BCUT2D eigenvalue weighted by atomic mass is 19.2. The van der Waals surface area contributed by atoms with Crippen molar-refractivity contribution < 1.29 is 29.1 Å². The van der Waals surface area contributed by atoms with Crippen LogP contribution in [0.15, 0.2) is 0 Å². The molecule has 0 aromatic rings. The summed E-state index contributed by atoms with van der Waals surface area (Å²) >= 11 is 0. The predicted octanol–water partition coefficient (Wildman–Crippen LogP) is -0.293. The average molecular weight is 358 g/mol. The molecule has 0 saturated carbocycles. The average Bonchev–Trinajstić information content (AvgIpc) is 2.45. The Morgan fingerprint density at radius 2 is 1.29 bits per heavy atom. The van der Waals surface area contributed by atoms with Crippen molar-refractivity contribution in [2.75, 3.05) is 13.1 Å². The maximum Gasteiger partial charge on any atom is 0.615 e. The van der Waals surface area contributed by atoms with Crippen LogP contribution in [0.3, 0.4) is 0 Å². The lowest BCUT2D eigenvalue weighted by Crippen LogP contribution is -2.56. The van der Waals surface area contributed by atoms with E-state index in [1.165, 1.54) is 0 Å². The van der Waals surface area contributed by atoms with E-state index in [9.17, 15) is 55.0 Å². The lowest BCUT2D eigenvalue weighted by Gasteiger charge is -2.20. The first-order chi connectivity index (χ1) is 10.8. The van der Waals surface area contributed by atoms with Gasteiger partial charge in [-0.05, 0) is 0 Å². The molecule has 0 aromatic heterocycles. The van der Waals surface area contributed by atoms with E-state index in [1.54, 1.807) is 0 Å². The number of rotatable bonds is 11. The molecule has 0 fully saturated rings. The Bertz CT molecular complexity index is 540. The molecule has 0 amide bonds. The standard InChI is InChI=1S/C7H11FN6O10/c1-2-6(10(15)16,11(17)18)5-9(14(23)24)4-3-7(8,12(19)20)13(21)22/h2-5H2,1H3. The molecule has 0 bridgehead atoms. The minimum Gasteiger partial charge on any atom is -0.258 e. The summed E-state index contributed by atoms with van der Waals surface area (Å²) in [5.74, 6) is -4.27. The summed E-state index contributed by atoms with van der Waals surface area (Å²) in [6, 6.07) is 0. The largest absolute Gasteiger partial charge is 0.615 e. The van der Waals surface area contributed by atoms with Crippen molar-refractivity contribution >= 4 is 0 Å². The van der Waals surface area contributed by atoms with E-state index in [0.29, 0.717) is 0 Å². The molecule has 0 heterocycles. The number of hydrogen-bond acceptors (Lipinski definition) is 10. The molecule has 17 heteroatoms. The van der Waals surface area contributed by atoms with E-state index in [1.807, 2.05) is 0 Å². The summed E-state index contributed by atoms with van der Waals surface area (Å²) in [5.41, 5.74) is -3.03. The summed E-state index contributed by atoms with van der Waals surface area (Å²) in [5, 5.41) is 51.7. The second-order valence-electron chi connectivity index (χ2n) is 4.46. The van der Waals surface area contributed by atoms with E-state index in [-0.39, 0.29) is 5.01 Å². The summed E-state index contributed by atoms with van der Waals surface area (Å²) in [7, 11) is 0. The van der Waals surface area contributed by atoms with Crippen LogP contribution in [0.25, 0.3) is 0 Å². The Balaban J connectivity index is 5.51. The van der Waals surface area contributed by atoms with Crippen molar-refractivity contribution in [2.45, 2.75) is 31.3 Å². The second kappa shape index (κ2) is 7.33. The van der Waals surface area contributed by atoms with E-state index in [4.69, 9.17) is 0 Å². The fourth-order valence-corrected chi connectivity index (χ4v) is 1.58. The third-order valence-corrected chi connectivity index (χ3v) is 3.16. The number of nitrogens with zero attached hydrogens (tertiary/aromatic N) is 6. The fourth-order valence-electron chi connectivity index (χ4n) is 1.58. The first-order valence-electron chi connectivity index (χ1n) is 6.01. The molecule has 0 unspecified atom stereocenters. The first-order valence-corrected chi connectivity index (χ1v) is 6.01. The van der Waals surface area contributed by atoms with Gasteiger partial charge in [-0.3, -0.25) is 40.5 Å². The zero-order valence-electron chi connectivity index (χ0n) is 12.0. The van der Waals surface area contributed by atoms with Crippen molar-refractivity contribution in [1.82, 2.24) is 5.01 Å². The molecule has 0 aromatic carbocycles. The second-order valence-corrected chi connectivity index (χ2v) is 4.46. The van der Waals surface area contributed by atoms with Gasteiger partial charge in [0, 0.05) is 0 Å². The zero-order valence-corrected chi connectivity index (χ0v) is 12.0. The van der Waals surface area contributed by atoms with Crippen LogP contribution in [-0.2, 0) is 0 Å². The van der Waals surface area contributed by atoms with Crippen molar-refractivity contribution in [3.8, 4) is 0 Å². The van der Waals surface area contributed by atoms with Gasteiger partial charge in [-0.2, -0.15) is 0 Å². The van der Waals surface area contributed by atoms with Crippen LogP contribution in [0.1, 0.15) is 19.8 Å². The summed E-state index contributed by atoms with van der Waals surface area (Å²) < 4.78 is 13.6. The van der Waals surface area contributed by atoms with Crippen molar-refractivity contribution in [3.05, 3.63) is 50.6 Å². The van der Waals surface area contributed by atoms with E-state index >= 15 is 0 Å². The topological polar surface area (TPSA) is 219 Å². The van der Waals surface area contributed by atoms with Gasteiger partial charge < -0.3 is 0 Å². The minimum atomic E-state index is -4.27. The molecule has 0 aliphatic heterocycles. The number of hydrazine groups is 1. The first kappa shape index (κ1) is 20.7. The molecule has 0 rings (SSSR count). The fraction of sp³-hybridized carbons (Fsp3) is 1.00. The molecule has 0 aliphatic carbocycles. The number of nitro groups is 5. The molecule has 24 heavy (non-hydrogen) atoms. The van der Waals surface area contributed by atoms with Gasteiger partial charge >= 0.3 is 11.6 Å². The van der Waals surface area contributed by atoms with Gasteiger partial charge in [0.15, 0.2) is 11.5 Å². The van der Waals surface area contributed by atoms with E-state index in [2.05, 4.69) is 0 Å². The lowest BCUT2D eigenvalue weighted by molar-refractivity contribution is -0.835. The molecule has 0 atom stereocenters. The normalized spacial score (nSPS) is 11.6. The van der Waals surface area contributed by atoms with Crippen LogP contribution < -0.4 is 0 Å². The molecule has 0 saturated heterocycles. The maximum absolute atomic E-state index is 13.6. The Morgan fingerprint density at radius 1 is 0.875 bits per heavy atom. The van der Waals surface area contributed by atoms with Gasteiger partial charge in [0.2, 0.25) is 6.54 Å². The summed E-state index contributed by atoms with van der Waals surface area (Å²) in [6.45, 7) is -1.81. The van der Waals surface area contributed by atoms with E-state index < -0.39 is 62.2 Å². The lowest BCUT2D eigenvalue weighted by atomic mass is 10.1. The molecule has 0 N–H and O–H groups in total. The van der Waals surface area contributed by atoms with Gasteiger partial charge in [-0.25, -0.2) is 10.1 Å². The molecule has 16 nitrogen and oxygen atoms in total. The molecule has 0 radical (unpaired) electrons. The summed E-state index contributed by atoms with van der Waals surface area (Å²) in [6.07, 6.45) is -2.44. The Kier molecular flexibility index (Phi) is 6.33. The van der Waals surface area contributed by atoms with Gasteiger partial charge in [-0.15, -0.1) is 5.01 Å². The summed E-state index contributed by atoms with van der Waals surface area (Å²) in [4.78, 5) is 46.7. The van der Waals surface area contributed by atoms with Crippen LogP contribution in [0.5, 0.6) is 0 Å². The highest BCUT2D eigenvalue weighted by Gasteiger charge is 2.61. The quantitative estimate of drug-likeness (QED) is 0.202. The van der Waals surface area contributed by atoms with Crippen molar-refractivity contribution in [1.29, 1.82) is 0 Å². The van der Waals surface area contributed by atoms with Crippen LogP contribution in [0.4, 0.5) is 4.39 Å². The SMILES string of the molecule is CCC(CN(CCC(F)([N+](=O)[O-])[N+](=O)[O-])[N+](=O)[O-])([N+](=O)[O-])[N+](=O)[O-]. The van der Waals surface area contributed by atoms with Gasteiger partial charge in [0.25, 0.3) is 0 Å². The zero-order chi connectivity index (χ0) is 19.3. The van der Waals surface area contributed by atoms with Crippen LogP contribution >= 0.6 is 0 Å². The number of hydrogen-bond donors (Lipinski definition) is 0. The minimum absolute atomic E-state index is 0.240. The van der Waals surface area contributed by atoms with Gasteiger partial charge in [0.1, 0.15) is 19.7 Å². The molecule has 0 spiro atoms. The third kappa shape index (κ3) is 3.93. The van der Waals surface area contributed by atoms with Crippen LogP contribution in [0, 0.1) is 50.6 Å². The third-order valence-electron chi connectivity index (χ3n) is 3.16. The van der Waals surface area contributed by atoms with Crippen molar-refractivity contribution in [3.63, 3.8) is 0 Å². The van der Waals surface area contributed by atoms with E-state index in [0.717, 1.165) is 6.92 Å². The number of halogens is 1. The van der Waals surface area contributed by atoms with Gasteiger partial charge in [0.05, 0.1) is 13.0 Å². The highest BCUT2D eigenvalue weighted by molar-refractivity contribution is 4.69. The number of alkyl halides is 1. The Labute approximate surface area is 130 Å². The maximum atomic E-state index is 13.6. The van der Waals surface area contributed by atoms with Crippen molar-refractivity contribution in [2.24, 2.45) is 0 Å². The monoisotopic (exact) mass is 358 g/mol. The van der Waals surface area contributed by atoms with Gasteiger partial charge in [-0.1, -0.05) is 11.3 Å². The molecule has 0 aliphatic rings.